The number of amides is 1. The van der Waals surface area contributed by atoms with E-state index in [1.807, 2.05) is 37.1 Å². The predicted molar refractivity (Wildman–Crippen MR) is 75.0 cm³/mol. The number of rotatable bonds is 1. The number of carbonyl (C=O) groups is 1. The molecule has 2 fully saturated rings. The van der Waals surface area contributed by atoms with Gasteiger partial charge in [-0.05, 0) is 31.4 Å². The minimum absolute atomic E-state index is 0.180. The Morgan fingerprint density at radius 3 is 2.84 bits per heavy atom. The quantitative estimate of drug-likeness (QED) is 0.770. The van der Waals surface area contributed by atoms with Crippen molar-refractivity contribution in [1.29, 1.82) is 0 Å². The fourth-order valence-corrected chi connectivity index (χ4v) is 3.51. The SMILES string of the molecule is Cc1cccc(N2C[C@H](C)[C@]3(CCN(C)C3=O)C2)n1. The van der Waals surface area contributed by atoms with E-state index in [1.165, 1.54) is 0 Å². The molecule has 1 amide bonds. The van der Waals surface area contributed by atoms with Gasteiger partial charge in [0.25, 0.3) is 0 Å². The average molecular weight is 259 g/mol. The van der Waals surface area contributed by atoms with Crippen molar-refractivity contribution >= 4 is 11.7 Å². The third-order valence-electron chi connectivity index (χ3n) is 4.77. The van der Waals surface area contributed by atoms with Crippen molar-refractivity contribution in [3.8, 4) is 0 Å². The highest BCUT2D eigenvalue weighted by atomic mass is 16.2. The van der Waals surface area contributed by atoms with Crippen molar-refractivity contribution in [2.75, 3.05) is 31.6 Å². The number of aryl methyl sites for hydroxylation is 1. The monoisotopic (exact) mass is 259 g/mol. The lowest BCUT2D eigenvalue weighted by Gasteiger charge is -2.25. The van der Waals surface area contributed by atoms with Crippen molar-refractivity contribution in [2.24, 2.45) is 11.3 Å². The summed E-state index contributed by atoms with van der Waals surface area (Å²) in [6, 6.07) is 6.09. The molecule has 2 atom stereocenters. The van der Waals surface area contributed by atoms with Crippen LogP contribution in [0.15, 0.2) is 18.2 Å². The van der Waals surface area contributed by atoms with Crippen molar-refractivity contribution in [3.05, 3.63) is 23.9 Å². The molecule has 4 heteroatoms. The van der Waals surface area contributed by atoms with Crippen LogP contribution in [-0.2, 0) is 4.79 Å². The second-order valence-corrected chi connectivity index (χ2v) is 6.05. The van der Waals surface area contributed by atoms with E-state index in [0.717, 1.165) is 37.6 Å². The zero-order valence-corrected chi connectivity index (χ0v) is 11.9. The number of likely N-dealkylation sites (tertiary alicyclic amines) is 1. The van der Waals surface area contributed by atoms with E-state index in [2.05, 4.69) is 16.8 Å². The predicted octanol–water partition coefficient (Wildman–Crippen LogP) is 1.69. The van der Waals surface area contributed by atoms with E-state index in [-0.39, 0.29) is 5.41 Å². The first-order valence-corrected chi connectivity index (χ1v) is 6.97. The lowest BCUT2D eigenvalue weighted by atomic mass is 9.78. The smallest absolute Gasteiger partial charge is 0.230 e. The van der Waals surface area contributed by atoms with Gasteiger partial charge in [-0.1, -0.05) is 13.0 Å². The van der Waals surface area contributed by atoms with Crippen LogP contribution in [0.3, 0.4) is 0 Å². The summed E-state index contributed by atoms with van der Waals surface area (Å²) in [6.07, 6.45) is 0.978. The molecule has 102 valence electrons. The molecule has 1 spiro atoms. The Labute approximate surface area is 114 Å². The van der Waals surface area contributed by atoms with E-state index >= 15 is 0 Å². The molecule has 2 aliphatic rings. The highest BCUT2D eigenvalue weighted by Gasteiger charge is 2.54. The van der Waals surface area contributed by atoms with E-state index in [0.29, 0.717) is 11.8 Å². The van der Waals surface area contributed by atoms with Crippen molar-refractivity contribution in [2.45, 2.75) is 20.3 Å². The van der Waals surface area contributed by atoms with Gasteiger partial charge in [-0.25, -0.2) is 4.98 Å². The molecule has 0 saturated carbocycles. The minimum atomic E-state index is -0.180. The molecule has 1 aromatic heterocycles. The lowest BCUT2D eigenvalue weighted by molar-refractivity contribution is -0.135. The van der Waals surface area contributed by atoms with Gasteiger partial charge in [-0.15, -0.1) is 0 Å². The summed E-state index contributed by atoms with van der Waals surface area (Å²) in [4.78, 5) is 21.2. The molecule has 0 N–H and O–H groups in total. The molecule has 0 aromatic carbocycles. The summed E-state index contributed by atoms with van der Waals surface area (Å²) in [5.74, 6) is 1.72. The molecule has 3 heterocycles. The van der Waals surface area contributed by atoms with Gasteiger partial charge in [0.05, 0.1) is 5.41 Å². The summed E-state index contributed by atoms with van der Waals surface area (Å²) < 4.78 is 0. The Balaban J connectivity index is 1.88. The van der Waals surface area contributed by atoms with Crippen LogP contribution < -0.4 is 4.90 Å². The van der Waals surface area contributed by atoms with E-state index < -0.39 is 0 Å². The van der Waals surface area contributed by atoms with Crippen LogP contribution in [0.4, 0.5) is 5.82 Å². The molecule has 4 nitrogen and oxygen atoms in total. The summed E-state index contributed by atoms with van der Waals surface area (Å²) in [5.41, 5.74) is 0.848. The summed E-state index contributed by atoms with van der Waals surface area (Å²) in [5, 5.41) is 0. The number of pyridine rings is 1. The number of hydrogen-bond donors (Lipinski definition) is 0. The van der Waals surface area contributed by atoms with Crippen molar-refractivity contribution in [3.63, 3.8) is 0 Å². The van der Waals surface area contributed by atoms with E-state index in [1.54, 1.807) is 0 Å². The Bertz CT molecular complexity index is 516. The molecule has 0 aliphatic carbocycles. The molecule has 0 bridgehead atoms. The van der Waals surface area contributed by atoms with Crippen molar-refractivity contribution < 1.29 is 4.79 Å². The third kappa shape index (κ3) is 1.81. The summed E-state index contributed by atoms with van der Waals surface area (Å²) in [7, 11) is 1.91. The minimum Gasteiger partial charge on any atom is -0.355 e. The standard InChI is InChI=1S/C15H21N3O/c1-11-9-18(13-6-4-5-12(2)16-13)10-15(11)7-8-17(3)14(15)19/h4-6,11H,7-10H2,1-3H3/t11-,15-/m0/s1. The van der Waals surface area contributed by atoms with E-state index in [9.17, 15) is 4.79 Å². The van der Waals surface area contributed by atoms with Gasteiger partial charge in [0.1, 0.15) is 5.82 Å². The van der Waals surface area contributed by atoms with Gasteiger partial charge < -0.3 is 9.80 Å². The number of aromatic nitrogens is 1. The maximum atomic E-state index is 12.5. The molecule has 0 radical (unpaired) electrons. The van der Waals surface area contributed by atoms with Crippen LogP contribution in [0, 0.1) is 18.3 Å². The highest BCUT2D eigenvalue weighted by molar-refractivity contribution is 5.86. The third-order valence-corrected chi connectivity index (χ3v) is 4.77. The van der Waals surface area contributed by atoms with Gasteiger partial charge in [-0.3, -0.25) is 4.79 Å². The maximum Gasteiger partial charge on any atom is 0.230 e. The molecular formula is C15H21N3O. The second kappa shape index (κ2) is 4.22. The first kappa shape index (κ1) is 12.5. The Morgan fingerprint density at radius 2 is 2.21 bits per heavy atom. The van der Waals surface area contributed by atoms with Crippen molar-refractivity contribution in [1.82, 2.24) is 9.88 Å². The first-order chi connectivity index (χ1) is 9.03. The van der Waals surface area contributed by atoms with Crippen LogP contribution >= 0.6 is 0 Å². The van der Waals surface area contributed by atoms with E-state index in [4.69, 9.17) is 0 Å². The maximum absolute atomic E-state index is 12.5. The van der Waals surface area contributed by atoms with Gasteiger partial charge in [0.2, 0.25) is 5.91 Å². The molecule has 1 aromatic rings. The molecule has 19 heavy (non-hydrogen) atoms. The Kier molecular flexibility index (Phi) is 2.77. The molecule has 2 saturated heterocycles. The molecule has 0 unspecified atom stereocenters. The normalized spacial score (nSPS) is 30.7. The van der Waals surface area contributed by atoms with Crippen LogP contribution in [0.2, 0.25) is 0 Å². The lowest BCUT2D eigenvalue weighted by Crippen LogP contribution is -2.38. The topological polar surface area (TPSA) is 36.4 Å². The van der Waals surface area contributed by atoms with Gasteiger partial charge in [0, 0.05) is 32.4 Å². The Morgan fingerprint density at radius 1 is 1.42 bits per heavy atom. The zero-order chi connectivity index (χ0) is 13.6. The summed E-state index contributed by atoms with van der Waals surface area (Å²) in [6.45, 7) is 6.84. The fraction of sp³-hybridized carbons (Fsp3) is 0.600. The number of carbonyl (C=O) groups excluding carboxylic acids is 1. The number of nitrogens with zero attached hydrogens (tertiary/aromatic N) is 3. The van der Waals surface area contributed by atoms with Gasteiger partial charge in [0.15, 0.2) is 0 Å². The summed E-state index contributed by atoms with van der Waals surface area (Å²) >= 11 is 0. The van der Waals surface area contributed by atoms with Gasteiger partial charge >= 0.3 is 0 Å². The molecular weight excluding hydrogens is 238 g/mol. The van der Waals surface area contributed by atoms with Crippen LogP contribution in [0.1, 0.15) is 19.0 Å². The highest BCUT2D eigenvalue weighted by Crippen LogP contribution is 2.45. The first-order valence-electron chi connectivity index (χ1n) is 6.97. The van der Waals surface area contributed by atoms with Crippen LogP contribution in [0.25, 0.3) is 0 Å². The molecule has 2 aliphatic heterocycles. The Hall–Kier alpha value is -1.58. The largest absolute Gasteiger partial charge is 0.355 e. The fourth-order valence-electron chi connectivity index (χ4n) is 3.51. The average Bonchev–Trinajstić information content (AvgIpc) is 2.87. The number of hydrogen-bond acceptors (Lipinski definition) is 3. The van der Waals surface area contributed by atoms with Gasteiger partial charge in [-0.2, -0.15) is 0 Å². The zero-order valence-electron chi connectivity index (χ0n) is 11.9. The van der Waals surface area contributed by atoms with Crippen LogP contribution in [0.5, 0.6) is 0 Å². The number of anilines is 1. The van der Waals surface area contributed by atoms with Crippen LogP contribution in [-0.4, -0.2) is 42.5 Å². The second-order valence-electron chi connectivity index (χ2n) is 6.05. The molecule has 3 rings (SSSR count).